The number of nitrogens with one attached hydrogen (secondary N) is 1. The summed E-state index contributed by atoms with van der Waals surface area (Å²) >= 11 is 3.50. The number of rotatable bonds is 3. The Morgan fingerprint density at radius 1 is 1.13 bits per heavy atom. The fourth-order valence-corrected chi connectivity index (χ4v) is 2.80. The highest BCUT2D eigenvalue weighted by Crippen LogP contribution is 2.22. The molecule has 0 bridgehead atoms. The average Bonchev–Trinajstić information content (AvgIpc) is 3.20. The van der Waals surface area contributed by atoms with Crippen molar-refractivity contribution in [1.29, 1.82) is 0 Å². The first-order valence-corrected chi connectivity index (χ1v) is 7.87. The lowest BCUT2D eigenvalue weighted by molar-refractivity contribution is 0.888. The molecule has 0 aliphatic rings. The Labute approximate surface area is 140 Å². The van der Waals surface area contributed by atoms with Crippen LogP contribution in [-0.2, 0) is 0 Å². The molecule has 23 heavy (non-hydrogen) atoms. The number of fused-ring (bicyclic) bond motifs is 1. The molecule has 112 valence electrons. The topological polar surface area (TPSA) is 58.9 Å². The molecule has 0 unspecified atom stereocenters. The van der Waals surface area contributed by atoms with Gasteiger partial charge in [0, 0.05) is 32.7 Å². The number of hydrogen-bond acceptors (Lipinski definition) is 3. The minimum absolute atomic E-state index is 0.711. The summed E-state index contributed by atoms with van der Waals surface area (Å²) in [6.07, 6.45) is 5.35. The zero-order valence-electron chi connectivity index (χ0n) is 12.0. The van der Waals surface area contributed by atoms with E-state index in [-0.39, 0.29) is 0 Å². The molecule has 0 aliphatic heterocycles. The van der Waals surface area contributed by atoms with Crippen LogP contribution in [0.2, 0.25) is 0 Å². The zero-order valence-corrected chi connectivity index (χ0v) is 13.6. The normalized spacial score (nSPS) is 11.5. The summed E-state index contributed by atoms with van der Waals surface area (Å²) in [5, 5.41) is 13.7. The third kappa shape index (κ3) is 2.68. The molecule has 6 heteroatoms. The fraction of sp³-hybridized carbons (Fsp3) is 0. The Morgan fingerprint density at radius 3 is 2.87 bits per heavy atom. The van der Waals surface area contributed by atoms with E-state index in [1.165, 1.54) is 0 Å². The highest BCUT2D eigenvalue weighted by atomic mass is 79.9. The molecule has 1 N–H and O–H groups in total. The first kappa shape index (κ1) is 13.9. The van der Waals surface area contributed by atoms with Gasteiger partial charge >= 0.3 is 0 Å². The predicted octanol–water partition coefficient (Wildman–Crippen LogP) is 4.07. The lowest BCUT2D eigenvalue weighted by atomic mass is 10.2. The van der Waals surface area contributed by atoms with Crippen molar-refractivity contribution < 1.29 is 0 Å². The first-order chi connectivity index (χ1) is 11.3. The van der Waals surface area contributed by atoms with Crippen molar-refractivity contribution in [3.8, 4) is 11.4 Å². The molecule has 0 spiro atoms. The third-order valence-electron chi connectivity index (χ3n) is 3.56. The van der Waals surface area contributed by atoms with Crippen LogP contribution in [0.3, 0.4) is 0 Å². The predicted molar refractivity (Wildman–Crippen MR) is 94.4 cm³/mol. The quantitative estimate of drug-likeness (QED) is 0.556. The minimum atomic E-state index is 0.711. The maximum atomic E-state index is 4.50. The Hall–Kier alpha value is -2.73. The van der Waals surface area contributed by atoms with Crippen LogP contribution < -0.4 is 0 Å². The highest BCUT2D eigenvalue weighted by Gasteiger charge is 2.06. The number of aromatic nitrogens is 4. The van der Waals surface area contributed by atoms with Gasteiger partial charge in [-0.3, -0.25) is 0 Å². The summed E-state index contributed by atoms with van der Waals surface area (Å²) in [6, 6.07) is 16.0. The SMILES string of the molecule is Brc1ccc2[nH]cc(/C=N/n3cnnc3-c3ccccc3)c2c1. The number of H-pyrrole nitrogens is 1. The van der Waals surface area contributed by atoms with E-state index in [4.69, 9.17) is 0 Å². The van der Waals surface area contributed by atoms with Gasteiger partial charge in [-0.15, -0.1) is 10.2 Å². The Balaban J connectivity index is 1.72. The Bertz CT molecular complexity index is 985. The van der Waals surface area contributed by atoms with E-state index in [2.05, 4.69) is 42.3 Å². The van der Waals surface area contributed by atoms with Gasteiger partial charge in [-0.25, -0.2) is 0 Å². The molecule has 5 nitrogen and oxygen atoms in total. The summed E-state index contributed by atoms with van der Waals surface area (Å²) < 4.78 is 2.71. The molecule has 0 fully saturated rings. The molecule has 0 aliphatic carbocycles. The van der Waals surface area contributed by atoms with E-state index in [0.29, 0.717) is 5.82 Å². The van der Waals surface area contributed by atoms with Gasteiger partial charge in [0.1, 0.15) is 6.33 Å². The Kier molecular flexibility index (Phi) is 3.51. The van der Waals surface area contributed by atoms with E-state index < -0.39 is 0 Å². The molecule has 0 saturated heterocycles. The standard InChI is InChI=1S/C17H12BrN5/c18-14-6-7-16-15(8-14)13(9-19-16)10-21-23-11-20-22-17(23)12-4-2-1-3-5-12/h1-11,19H/b21-10+. The van der Waals surface area contributed by atoms with Crippen molar-refractivity contribution in [2.45, 2.75) is 0 Å². The summed E-state index contributed by atoms with van der Waals surface area (Å²) in [5.41, 5.74) is 3.06. The van der Waals surface area contributed by atoms with Crippen molar-refractivity contribution in [3.63, 3.8) is 0 Å². The molecule has 4 rings (SSSR count). The van der Waals surface area contributed by atoms with Crippen molar-refractivity contribution in [2.75, 3.05) is 0 Å². The molecule has 2 aromatic carbocycles. The van der Waals surface area contributed by atoms with E-state index >= 15 is 0 Å². The lowest BCUT2D eigenvalue weighted by Crippen LogP contribution is -1.93. The van der Waals surface area contributed by atoms with Gasteiger partial charge in [0.25, 0.3) is 0 Å². The molecular weight excluding hydrogens is 354 g/mol. The second-order valence-electron chi connectivity index (χ2n) is 5.04. The molecule has 0 atom stereocenters. The van der Waals surface area contributed by atoms with Crippen LogP contribution in [0, 0.1) is 0 Å². The van der Waals surface area contributed by atoms with Gasteiger partial charge in [0.2, 0.25) is 0 Å². The number of aromatic amines is 1. The monoisotopic (exact) mass is 365 g/mol. The second kappa shape index (κ2) is 5.81. The van der Waals surface area contributed by atoms with Gasteiger partial charge in [-0.05, 0) is 18.2 Å². The largest absolute Gasteiger partial charge is 0.361 e. The maximum Gasteiger partial charge on any atom is 0.184 e. The van der Waals surface area contributed by atoms with Gasteiger partial charge in [0.05, 0.1) is 6.21 Å². The van der Waals surface area contributed by atoms with Gasteiger partial charge in [-0.2, -0.15) is 9.78 Å². The van der Waals surface area contributed by atoms with E-state index in [0.717, 1.165) is 26.5 Å². The number of benzene rings is 2. The van der Waals surface area contributed by atoms with Gasteiger partial charge in [-0.1, -0.05) is 46.3 Å². The molecule has 4 aromatic rings. The molecule has 2 heterocycles. The van der Waals surface area contributed by atoms with Crippen molar-refractivity contribution in [2.24, 2.45) is 5.10 Å². The van der Waals surface area contributed by atoms with Gasteiger partial charge < -0.3 is 4.98 Å². The Morgan fingerprint density at radius 2 is 2.00 bits per heavy atom. The highest BCUT2D eigenvalue weighted by molar-refractivity contribution is 9.10. The number of nitrogens with zero attached hydrogens (tertiary/aromatic N) is 4. The minimum Gasteiger partial charge on any atom is -0.361 e. The zero-order chi connectivity index (χ0) is 15.6. The average molecular weight is 366 g/mol. The van der Waals surface area contributed by atoms with Crippen LogP contribution in [0.15, 0.2) is 70.6 Å². The fourth-order valence-electron chi connectivity index (χ4n) is 2.44. The summed E-state index contributed by atoms with van der Waals surface area (Å²) in [6.45, 7) is 0. The smallest absolute Gasteiger partial charge is 0.184 e. The van der Waals surface area contributed by atoms with E-state index in [1.807, 2.05) is 48.7 Å². The molecule has 0 amide bonds. The summed E-state index contributed by atoms with van der Waals surface area (Å²) in [5.74, 6) is 0.711. The molecule has 2 aromatic heterocycles. The number of hydrogen-bond donors (Lipinski definition) is 1. The van der Waals surface area contributed by atoms with Crippen LogP contribution in [0.1, 0.15) is 5.56 Å². The van der Waals surface area contributed by atoms with Crippen LogP contribution in [0.4, 0.5) is 0 Å². The van der Waals surface area contributed by atoms with Crippen molar-refractivity contribution in [1.82, 2.24) is 19.9 Å². The molecular formula is C17H12BrN5. The number of halogens is 1. The van der Waals surface area contributed by atoms with Crippen LogP contribution in [-0.4, -0.2) is 26.1 Å². The summed E-state index contributed by atoms with van der Waals surface area (Å²) in [4.78, 5) is 3.24. The summed E-state index contributed by atoms with van der Waals surface area (Å²) in [7, 11) is 0. The van der Waals surface area contributed by atoms with E-state index in [9.17, 15) is 0 Å². The second-order valence-corrected chi connectivity index (χ2v) is 5.96. The first-order valence-electron chi connectivity index (χ1n) is 7.08. The van der Waals surface area contributed by atoms with E-state index in [1.54, 1.807) is 17.2 Å². The third-order valence-corrected chi connectivity index (χ3v) is 4.05. The van der Waals surface area contributed by atoms with Crippen molar-refractivity contribution in [3.05, 3.63) is 71.1 Å². The van der Waals surface area contributed by atoms with Crippen LogP contribution >= 0.6 is 15.9 Å². The lowest BCUT2D eigenvalue weighted by Gasteiger charge is -2.00. The van der Waals surface area contributed by atoms with Crippen molar-refractivity contribution >= 4 is 33.0 Å². The van der Waals surface area contributed by atoms with Crippen LogP contribution in [0.5, 0.6) is 0 Å². The van der Waals surface area contributed by atoms with Gasteiger partial charge in [0.15, 0.2) is 5.82 Å². The van der Waals surface area contributed by atoms with Crippen LogP contribution in [0.25, 0.3) is 22.3 Å². The molecule has 0 saturated carbocycles. The maximum absolute atomic E-state index is 4.50. The molecule has 0 radical (unpaired) electrons.